The minimum Gasteiger partial charge on any atom is -0.377 e. The Morgan fingerprint density at radius 3 is 2.78 bits per heavy atom. The number of rotatable bonds is 6. The molecule has 18 heavy (non-hydrogen) atoms. The third-order valence-electron chi connectivity index (χ3n) is 2.63. The summed E-state index contributed by atoms with van der Waals surface area (Å²) in [6.45, 7) is 5.54. The van der Waals surface area contributed by atoms with Gasteiger partial charge in [0.25, 0.3) is 5.91 Å². The molecule has 4 nitrogen and oxygen atoms in total. The number of hydrogen-bond acceptors (Lipinski definition) is 3. The minimum absolute atomic E-state index is 0.00217. The monoisotopic (exact) mass is 250 g/mol. The van der Waals surface area contributed by atoms with Gasteiger partial charge in [0.15, 0.2) is 0 Å². The van der Waals surface area contributed by atoms with E-state index in [4.69, 9.17) is 10.5 Å². The SMILES string of the molecule is CC(C)OCCN(C)C(=O)c1cccc(CN)c1. The summed E-state index contributed by atoms with van der Waals surface area (Å²) in [6.07, 6.45) is 0.189. The third-order valence-corrected chi connectivity index (χ3v) is 2.63. The van der Waals surface area contributed by atoms with Crippen LogP contribution < -0.4 is 5.73 Å². The van der Waals surface area contributed by atoms with Crippen molar-refractivity contribution in [2.45, 2.75) is 26.5 Å². The number of nitrogens with zero attached hydrogens (tertiary/aromatic N) is 1. The lowest BCUT2D eigenvalue weighted by Crippen LogP contribution is -2.30. The quantitative estimate of drug-likeness (QED) is 0.835. The summed E-state index contributed by atoms with van der Waals surface area (Å²) < 4.78 is 5.43. The van der Waals surface area contributed by atoms with E-state index in [1.165, 1.54) is 0 Å². The molecule has 1 aromatic carbocycles. The van der Waals surface area contributed by atoms with Gasteiger partial charge in [0, 0.05) is 25.7 Å². The molecule has 0 aliphatic heterocycles. The summed E-state index contributed by atoms with van der Waals surface area (Å²) in [5.41, 5.74) is 7.20. The smallest absolute Gasteiger partial charge is 0.253 e. The number of hydrogen-bond donors (Lipinski definition) is 1. The summed E-state index contributed by atoms with van der Waals surface area (Å²) in [5, 5.41) is 0. The Labute approximate surface area is 109 Å². The highest BCUT2D eigenvalue weighted by atomic mass is 16.5. The normalized spacial score (nSPS) is 10.7. The van der Waals surface area contributed by atoms with Gasteiger partial charge in [-0.15, -0.1) is 0 Å². The Morgan fingerprint density at radius 2 is 2.17 bits per heavy atom. The van der Waals surface area contributed by atoms with E-state index in [0.717, 1.165) is 5.56 Å². The topological polar surface area (TPSA) is 55.6 Å². The molecule has 0 aliphatic rings. The fourth-order valence-corrected chi connectivity index (χ4v) is 1.58. The molecule has 1 aromatic rings. The van der Waals surface area contributed by atoms with Gasteiger partial charge in [-0.1, -0.05) is 12.1 Å². The molecule has 2 N–H and O–H groups in total. The molecule has 0 saturated heterocycles. The Balaban J connectivity index is 2.56. The minimum atomic E-state index is -0.00217. The largest absolute Gasteiger partial charge is 0.377 e. The second-order valence-electron chi connectivity index (χ2n) is 4.55. The molecule has 0 unspecified atom stereocenters. The number of ether oxygens (including phenoxy) is 1. The molecule has 0 bridgehead atoms. The van der Waals surface area contributed by atoms with Crippen LogP contribution in [0.4, 0.5) is 0 Å². The molecule has 0 atom stereocenters. The Bertz CT molecular complexity index is 391. The zero-order valence-electron chi connectivity index (χ0n) is 11.3. The van der Waals surface area contributed by atoms with Crippen LogP contribution in [0.25, 0.3) is 0 Å². The average molecular weight is 250 g/mol. The van der Waals surface area contributed by atoms with Gasteiger partial charge in [0.1, 0.15) is 0 Å². The summed E-state index contributed by atoms with van der Waals surface area (Å²) in [4.78, 5) is 13.8. The first kappa shape index (κ1) is 14.7. The van der Waals surface area contributed by atoms with E-state index in [1.807, 2.05) is 32.0 Å². The van der Waals surface area contributed by atoms with Crippen LogP contribution in [0.5, 0.6) is 0 Å². The van der Waals surface area contributed by atoms with Gasteiger partial charge in [0.2, 0.25) is 0 Å². The van der Waals surface area contributed by atoms with Crippen LogP contribution >= 0.6 is 0 Å². The van der Waals surface area contributed by atoms with Crippen molar-refractivity contribution in [2.75, 3.05) is 20.2 Å². The molecule has 1 amide bonds. The fourth-order valence-electron chi connectivity index (χ4n) is 1.58. The van der Waals surface area contributed by atoms with Gasteiger partial charge >= 0.3 is 0 Å². The predicted octanol–water partition coefficient (Wildman–Crippen LogP) is 1.64. The predicted molar refractivity (Wildman–Crippen MR) is 72.4 cm³/mol. The van der Waals surface area contributed by atoms with Crippen LogP contribution in [0.1, 0.15) is 29.8 Å². The second kappa shape index (κ2) is 7.13. The molecule has 0 aromatic heterocycles. The molecule has 100 valence electrons. The second-order valence-corrected chi connectivity index (χ2v) is 4.55. The Hall–Kier alpha value is -1.39. The number of nitrogens with two attached hydrogens (primary N) is 1. The number of amides is 1. The van der Waals surface area contributed by atoms with Crippen molar-refractivity contribution in [3.05, 3.63) is 35.4 Å². The van der Waals surface area contributed by atoms with Crippen molar-refractivity contribution in [3.8, 4) is 0 Å². The Kier molecular flexibility index (Phi) is 5.82. The first-order valence-corrected chi connectivity index (χ1v) is 6.20. The van der Waals surface area contributed by atoms with Crippen molar-refractivity contribution in [1.29, 1.82) is 0 Å². The van der Waals surface area contributed by atoms with Crippen molar-refractivity contribution >= 4 is 5.91 Å². The molecular formula is C14H22N2O2. The van der Waals surface area contributed by atoms with Crippen LogP contribution in [0.3, 0.4) is 0 Å². The molecule has 0 saturated carbocycles. The molecule has 0 spiro atoms. The number of carbonyl (C=O) groups is 1. The van der Waals surface area contributed by atoms with Gasteiger partial charge < -0.3 is 15.4 Å². The van der Waals surface area contributed by atoms with Crippen molar-refractivity contribution < 1.29 is 9.53 Å². The third kappa shape index (κ3) is 4.47. The maximum absolute atomic E-state index is 12.1. The molecular weight excluding hydrogens is 228 g/mol. The van der Waals surface area contributed by atoms with Crippen molar-refractivity contribution in [1.82, 2.24) is 4.90 Å². The van der Waals surface area contributed by atoms with Gasteiger partial charge in [-0.25, -0.2) is 0 Å². The van der Waals surface area contributed by atoms with E-state index in [0.29, 0.717) is 25.3 Å². The number of likely N-dealkylation sites (N-methyl/N-ethyl adjacent to an activating group) is 1. The van der Waals surface area contributed by atoms with Crippen LogP contribution in [-0.4, -0.2) is 37.1 Å². The summed E-state index contributed by atoms with van der Waals surface area (Å²) in [6, 6.07) is 7.41. The van der Waals surface area contributed by atoms with Gasteiger partial charge in [0.05, 0.1) is 12.7 Å². The highest BCUT2D eigenvalue weighted by molar-refractivity contribution is 5.94. The van der Waals surface area contributed by atoms with Crippen LogP contribution in [0.15, 0.2) is 24.3 Å². The first-order valence-electron chi connectivity index (χ1n) is 6.20. The van der Waals surface area contributed by atoms with E-state index in [2.05, 4.69) is 0 Å². The molecule has 0 heterocycles. The standard InChI is InChI=1S/C14H22N2O2/c1-11(2)18-8-7-16(3)14(17)13-6-4-5-12(9-13)10-15/h4-6,9,11H,7-8,10,15H2,1-3H3. The molecule has 4 heteroatoms. The van der Waals surface area contributed by atoms with E-state index in [9.17, 15) is 4.79 Å². The van der Waals surface area contributed by atoms with E-state index in [-0.39, 0.29) is 12.0 Å². The first-order chi connectivity index (χ1) is 8.54. The lowest BCUT2D eigenvalue weighted by molar-refractivity contribution is 0.0532. The van der Waals surface area contributed by atoms with Crippen LogP contribution in [-0.2, 0) is 11.3 Å². The summed E-state index contributed by atoms with van der Waals surface area (Å²) in [7, 11) is 1.78. The maximum atomic E-state index is 12.1. The van der Waals surface area contributed by atoms with Gasteiger partial charge in [-0.05, 0) is 31.5 Å². The summed E-state index contributed by atoms with van der Waals surface area (Å²) >= 11 is 0. The van der Waals surface area contributed by atoms with Crippen molar-refractivity contribution in [2.24, 2.45) is 5.73 Å². The molecule has 0 fully saturated rings. The van der Waals surface area contributed by atoms with Gasteiger partial charge in [-0.3, -0.25) is 4.79 Å². The molecule has 0 radical (unpaired) electrons. The van der Waals surface area contributed by atoms with E-state index >= 15 is 0 Å². The lowest BCUT2D eigenvalue weighted by Gasteiger charge is -2.18. The van der Waals surface area contributed by atoms with Crippen LogP contribution in [0, 0.1) is 0 Å². The lowest BCUT2D eigenvalue weighted by atomic mass is 10.1. The van der Waals surface area contributed by atoms with Crippen molar-refractivity contribution in [3.63, 3.8) is 0 Å². The maximum Gasteiger partial charge on any atom is 0.253 e. The van der Waals surface area contributed by atoms with Crippen LogP contribution in [0.2, 0.25) is 0 Å². The highest BCUT2D eigenvalue weighted by Crippen LogP contribution is 2.07. The highest BCUT2D eigenvalue weighted by Gasteiger charge is 2.11. The molecule has 0 aliphatic carbocycles. The number of benzene rings is 1. The average Bonchev–Trinajstić information content (AvgIpc) is 2.37. The number of carbonyl (C=O) groups excluding carboxylic acids is 1. The zero-order chi connectivity index (χ0) is 13.5. The fraction of sp³-hybridized carbons (Fsp3) is 0.500. The van der Waals surface area contributed by atoms with E-state index in [1.54, 1.807) is 18.0 Å². The summed E-state index contributed by atoms with van der Waals surface area (Å²) in [5.74, 6) is -0.00217. The van der Waals surface area contributed by atoms with E-state index < -0.39 is 0 Å². The molecule has 1 rings (SSSR count). The Morgan fingerprint density at radius 1 is 1.44 bits per heavy atom. The zero-order valence-corrected chi connectivity index (χ0v) is 11.3. The van der Waals surface area contributed by atoms with Gasteiger partial charge in [-0.2, -0.15) is 0 Å².